The SMILES string of the molecule is CC(OC(=O)Cn1nnc2ccccc2c1=O)C(=O)Nc1ccc(Br)cc1. The molecule has 1 heterocycles. The van der Waals surface area contributed by atoms with Crippen LogP contribution in [0.2, 0.25) is 0 Å². The minimum absolute atomic E-state index is 0.348. The predicted octanol–water partition coefficient (Wildman–Crippen LogP) is 2.12. The van der Waals surface area contributed by atoms with Crippen LogP contribution in [0.5, 0.6) is 0 Å². The molecule has 1 atom stereocenters. The van der Waals surface area contributed by atoms with E-state index in [-0.39, 0.29) is 0 Å². The molecule has 0 bridgehead atoms. The number of aromatic nitrogens is 3. The van der Waals surface area contributed by atoms with Crippen molar-refractivity contribution >= 4 is 44.4 Å². The van der Waals surface area contributed by atoms with Gasteiger partial charge in [0.1, 0.15) is 12.1 Å². The Morgan fingerprint density at radius 2 is 1.89 bits per heavy atom. The quantitative estimate of drug-likeness (QED) is 0.621. The molecule has 1 N–H and O–H groups in total. The molecular weight excluding hydrogens is 416 g/mol. The van der Waals surface area contributed by atoms with E-state index in [0.29, 0.717) is 16.6 Å². The van der Waals surface area contributed by atoms with E-state index in [1.165, 1.54) is 6.92 Å². The van der Waals surface area contributed by atoms with Gasteiger partial charge in [0.15, 0.2) is 6.10 Å². The van der Waals surface area contributed by atoms with Gasteiger partial charge in [-0.2, -0.15) is 4.68 Å². The van der Waals surface area contributed by atoms with Gasteiger partial charge in [0.05, 0.1) is 5.39 Å². The number of carbonyl (C=O) groups excluding carboxylic acids is 2. The molecule has 27 heavy (non-hydrogen) atoms. The molecule has 0 radical (unpaired) electrons. The third-order valence-electron chi connectivity index (χ3n) is 3.70. The fourth-order valence-corrected chi connectivity index (χ4v) is 2.58. The number of anilines is 1. The second-order valence-electron chi connectivity index (χ2n) is 5.70. The summed E-state index contributed by atoms with van der Waals surface area (Å²) < 4.78 is 6.87. The molecule has 3 rings (SSSR count). The number of fused-ring (bicyclic) bond motifs is 1. The summed E-state index contributed by atoms with van der Waals surface area (Å²) in [5.41, 5.74) is 0.557. The zero-order valence-corrected chi connectivity index (χ0v) is 15.8. The molecule has 2 aromatic carbocycles. The van der Waals surface area contributed by atoms with Gasteiger partial charge in [0, 0.05) is 10.2 Å². The third-order valence-corrected chi connectivity index (χ3v) is 4.23. The molecule has 0 aliphatic heterocycles. The number of nitrogens with zero attached hydrogens (tertiary/aromatic N) is 3. The first-order valence-corrected chi connectivity index (χ1v) is 8.82. The number of amides is 1. The maximum Gasteiger partial charge on any atom is 0.328 e. The monoisotopic (exact) mass is 430 g/mol. The van der Waals surface area contributed by atoms with Crippen LogP contribution >= 0.6 is 15.9 Å². The van der Waals surface area contributed by atoms with Crippen molar-refractivity contribution in [3.63, 3.8) is 0 Å². The molecule has 138 valence electrons. The van der Waals surface area contributed by atoms with Gasteiger partial charge in [0.25, 0.3) is 11.5 Å². The summed E-state index contributed by atoms with van der Waals surface area (Å²) in [6.07, 6.45) is -1.04. The fourth-order valence-electron chi connectivity index (χ4n) is 2.31. The highest BCUT2D eigenvalue weighted by Crippen LogP contribution is 2.14. The van der Waals surface area contributed by atoms with E-state index >= 15 is 0 Å². The summed E-state index contributed by atoms with van der Waals surface area (Å²) in [5, 5.41) is 10.6. The lowest BCUT2D eigenvalue weighted by Gasteiger charge is -2.13. The predicted molar refractivity (Wildman–Crippen MR) is 102 cm³/mol. The average Bonchev–Trinajstić information content (AvgIpc) is 2.66. The van der Waals surface area contributed by atoms with E-state index in [0.717, 1.165) is 9.15 Å². The highest BCUT2D eigenvalue weighted by molar-refractivity contribution is 9.10. The molecule has 3 aromatic rings. The molecule has 0 aliphatic rings. The second-order valence-corrected chi connectivity index (χ2v) is 6.61. The first-order valence-electron chi connectivity index (χ1n) is 8.02. The minimum atomic E-state index is -1.04. The van der Waals surface area contributed by atoms with Crippen LogP contribution in [0.1, 0.15) is 6.92 Å². The van der Waals surface area contributed by atoms with Crippen LogP contribution < -0.4 is 10.9 Å². The van der Waals surface area contributed by atoms with E-state index in [1.807, 2.05) is 0 Å². The van der Waals surface area contributed by atoms with Gasteiger partial charge in [-0.3, -0.25) is 14.4 Å². The molecule has 1 unspecified atom stereocenters. The van der Waals surface area contributed by atoms with Gasteiger partial charge >= 0.3 is 5.97 Å². The maximum absolute atomic E-state index is 12.3. The summed E-state index contributed by atoms with van der Waals surface area (Å²) in [7, 11) is 0. The van der Waals surface area contributed by atoms with E-state index in [1.54, 1.807) is 48.5 Å². The molecule has 0 spiro atoms. The normalized spacial score (nSPS) is 11.8. The van der Waals surface area contributed by atoms with E-state index in [4.69, 9.17) is 4.74 Å². The number of nitrogens with one attached hydrogen (secondary N) is 1. The zero-order chi connectivity index (χ0) is 19.4. The number of ether oxygens (including phenoxy) is 1. The summed E-state index contributed by atoms with van der Waals surface area (Å²) >= 11 is 3.30. The molecule has 1 aromatic heterocycles. The van der Waals surface area contributed by atoms with Crippen molar-refractivity contribution in [2.24, 2.45) is 0 Å². The van der Waals surface area contributed by atoms with Crippen molar-refractivity contribution in [1.82, 2.24) is 15.0 Å². The average molecular weight is 431 g/mol. The van der Waals surface area contributed by atoms with Crippen LogP contribution in [0.25, 0.3) is 10.9 Å². The summed E-state index contributed by atoms with van der Waals surface area (Å²) in [6, 6.07) is 13.7. The van der Waals surface area contributed by atoms with Gasteiger partial charge in [-0.05, 0) is 43.3 Å². The van der Waals surface area contributed by atoms with Crippen molar-refractivity contribution in [2.75, 3.05) is 5.32 Å². The molecule has 0 fully saturated rings. The number of rotatable bonds is 5. The van der Waals surface area contributed by atoms with Crippen LogP contribution in [0.4, 0.5) is 5.69 Å². The molecule has 9 heteroatoms. The standard InChI is InChI=1S/C18H15BrN4O4/c1-11(17(25)20-13-8-6-12(19)7-9-13)27-16(24)10-23-18(26)14-4-2-3-5-15(14)21-22-23/h2-9,11H,10H2,1H3,(H,20,25). The lowest BCUT2D eigenvalue weighted by atomic mass is 10.2. The van der Waals surface area contributed by atoms with Crippen LogP contribution in [0.15, 0.2) is 57.8 Å². The van der Waals surface area contributed by atoms with Gasteiger partial charge in [-0.15, -0.1) is 5.10 Å². The molecule has 1 amide bonds. The van der Waals surface area contributed by atoms with Crippen LogP contribution in [0, 0.1) is 0 Å². The molecule has 8 nitrogen and oxygen atoms in total. The molecule has 0 saturated heterocycles. The summed E-state index contributed by atoms with van der Waals surface area (Å²) in [5.74, 6) is -1.25. The van der Waals surface area contributed by atoms with Crippen molar-refractivity contribution in [3.8, 4) is 0 Å². The van der Waals surface area contributed by atoms with Crippen molar-refractivity contribution in [2.45, 2.75) is 19.6 Å². The maximum atomic E-state index is 12.3. The second kappa shape index (κ2) is 8.09. The van der Waals surface area contributed by atoms with E-state index < -0.39 is 30.1 Å². The van der Waals surface area contributed by atoms with Gasteiger partial charge in [-0.1, -0.05) is 33.3 Å². The van der Waals surface area contributed by atoms with Crippen LogP contribution in [0.3, 0.4) is 0 Å². The zero-order valence-electron chi connectivity index (χ0n) is 14.3. The number of carbonyl (C=O) groups is 2. The van der Waals surface area contributed by atoms with E-state index in [9.17, 15) is 14.4 Å². The number of hydrogen-bond acceptors (Lipinski definition) is 6. The number of hydrogen-bond donors (Lipinski definition) is 1. The number of esters is 1. The molecule has 0 aliphatic carbocycles. The van der Waals surface area contributed by atoms with Crippen LogP contribution in [-0.4, -0.2) is 33.0 Å². The Morgan fingerprint density at radius 3 is 2.63 bits per heavy atom. The van der Waals surface area contributed by atoms with Crippen molar-refractivity contribution in [1.29, 1.82) is 0 Å². The lowest BCUT2D eigenvalue weighted by Crippen LogP contribution is -2.34. The topological polar surface area (TPSA) is 103 Å². The highest BCUT2D eigenvalue weighted by atomic mass is 79.9. The Hall–Kier alpha value is -3.07. The fraction of sp³-hybridized carbons (Fsp3) is 0.167. The Balaban J connectivity index is 1.63. The van der Waals surface area contributed by atoms with Gasteiger partial charge in [0.2, 0.25) is 0 Å². The van der Waals surface area contributed by atoms with Gasteiger partial charge < -0.3 is 10.1 Å². The lowest BCUT2D eigenvalue weighted by molar-refractivity contribution is -0.154. The smallest absolute Gasteiger partial charge is 0.328 e. The molecular formula is C18H15BrN4O4. The number of halogens is 1. The molecule has 0 saturated carbocycles. The summed E-state index contributed by atoms with van der Waals surface area (Å²) in [6.45, 7) is 1.01. The van der Waals surface area contributed by atoms with Gasteiger partial charge in [-0.25, -0.2) is 0 Å². The highest BCUT2D eigenvalue weighted by Gasteiger charge is 2.19. The summed E-state index contributed by atoms with van der Waals surface area (Å²) in [4.78, 5) is 36.5. The first kappa shape index (κ1) is 18.7. The Labute approximate surface area is 162 Å². The van der Waals surface area contributed by atoms with E-state index in [2.05, 4.69) is 31.6 Å². The Bertz CT molecular complexity index is 1050. The Kier molecular flexibility index (Phi) is 5.60. The van der Waals surface area contributed by atoms with Crippen LogP contribution in [-0.2, 0) is 20.9 Å². The van der Waals surface area contributed by atoms with Crippen molar-refractivity contribution < 1.29 is 14.3 Å². The number of benzene rings is 2. The first-order chi connectivity index (χ1) is 12.9. The third kappa shape index (κ3) is 4.56. The Morgan fingerprint density at radius 1 is 1.19 bits per heavy atom. The van der Waals surface area contributed by atoms with Crippen molar-refractivity contribution in [3.05, 3.63) is 63.4 Å². The minimum Gasteiger partial charge on any atom is -0.451 e. The largest absolute Gasteiger partial charge is 0.451 e.